The zero-order valence-corrected chi connectivity index (χ0v) is 37.6. The smallest absolute Gasteiger partial charge is 0.137 e. The van der Waals surface area contributed by atoms with Crippen molar-refractivity contribution >= 4 is 93.9 Å². The van der Waals surface area contributed by atoms with Crippen LogP contribution in [0.2, 0.25) is 0 Å². The third kappa shape index (κ3) is 5.69. The average Bonchev–Trinajstić information content (AvgIpc) is 4.19. The molecule has 68 heavy (non-hydrogen) atoms. The van der Waals surface area contributed by atoms with Gasteiger partial charge in [-0.05, 0) is 103 Å². The molecule has 12 aromatic rings. The maximum Gasteiger partial charge on any atom is 0.137 e. The van der Waals surface area contributed by atoms with Crippen LogP contribution in [0.15, 0.2) is 212 Å². The molecule has 324 valence electrons. The van der Waals surface area contributed by atoms with E-state index in [1.54, 1.807) is 0 Å². The summed E-state index contributed by atoms with van der Waals surface area (Å²) in [6.45, 7) is 3.02. The second-order valence-corrected chi connectivity index (χ2v) is 18.1. The standard InChI is InChI=1S/C61H44N6O/c1-39-34-60(67-54-27-12-7-22-47(54)48-31-30-42(36-59(48)67)68-41-17-15-16-40(35-41)64-38-63(2)55-28-13-14-29-56(55)64)62-37-49(39)61-57(65-50-23-8-3-18-43(50)44-19-4-9-24-51(44)65)32-33-58(61)66-52-25-10-5-20-45(52)46-21-6-11-26-53(46)66/h3-37,61H,38H2,1-2H3. The van der Waals surface area contributed by atoms with Gasteiger partial charge in [0.2, 0.25) is 0 Å². The fourth-order valence-electron chi connectivity index (χ4n) is 11.3. The van der Waals surface area contributed by atoms with Crippen molar-refractivity contribution in [3.8, 4) is 17.3 Å². The Kier molecular flexibility index (Phi) is 8.40. The van der Waals surface area contributed by atoms with E-state index in [2.05, 4.69) is 244 Å². The Morgan fingerprint density at radius 3 is 1.50 bits per heavy atom. The van der Waals surface area contributed by atoms with E-state index in [-0.39, 0.29) is 5.92 Å². The van der Waals surface area contributed by atoms with Gasteiger partial charge in [-0.1, -0.05) is 109 Å². The third-order valence-corrected chi connectivity index (χ3v) is 14.3. The van der Waals surface area contributed by atoms with Gasteiger partial charge in [-0.15, -0.1) is 0 Å². The number of hydrogen-bond acceptors (Lipinski definition) is 4. The van der Waals surface area contributed by atoms with E-state index in [4.69, 9.17) is 9.72 Å². The molecule has 0 saturated heterocycles. The second kappa shape index (κ2) is 14.9. The Labute approximate surface area is 392 Å². The molecule has 1 aliphatic carbocycles. The van der Waals surface area contributed by atoms with E-state index < -0.39 is 0 Å². The van der Waals surface area contributed by atoms with Gasteiger partial charge in [-0.2, -0.15) is 0 Å². The van der Waals surface area contributed by atoms with E-state index in [0.717, 1.165) is 57.2 Å². The predicted octanol–water partition coefficient (Wildman–Crippen LogP) is 15.2. The second-order valence-electron chi connectivity index (χ2n) is 18.1. The number of pyridine rings is 1. The van der Waals surface area contributed by atoms with Crippen LogP contribution in [-0.4, -0.2) is 32.4 Å². The number of ether oxygens (including phenoxy) is 1. The molecule has 0 bridgehead atoms. The van der Waals surface area contributed by atoms with Gasteiger partial charge in [0.05, 0.1) is 57.1 Å². The summed E-state index contributed by atoms with van der Waals surface area (Å²) >= 11 is 0. The summed E-state index contributed by atoms with van der Waals surface area (Å²) in [5, 5.41) is 7.28. The highest BCUT2D eigenvalue weighted by Crippen LogP contribution is 2.49. The van der Waals surface area contributed by atoms with Crippen molar-refractivity contribution in [2.75, 3.05) is 23.5 Å². The van der Waals surface area contributed by atoms with Crippen LogP contribution >= 0.6 is 0 Å². The number of aromatic nitrogens is 4. The molecule has 0 saturated carbocycles. The Morgan fingerprint density at radius 1 is 0.456 bits per heavy atom. The zero-order valence-electron chi connectivity index (χ0n) is 37.6. The van der Waals surface area contributed by atoms with E-state index in [0.29, 0.717) is 0 Å². The normalized spacial score (nSPS) is 14.0. The Morgan fingerprint density at radius 2 is 0.941 bits per heavy atom. The molecule has 1 aliphatic heterocycles. The van der Waals surface area contributed by atoms with Crippen LogP contribution in [-0.2, 0) is 0 Å². The number of aryl methyl sites for hydroxylation is 1. The number of rotatable bonds is 7. The van der Waals surface area contributed by atoms with Crippen molar-refractivity contribution in [3.63, 3.8) is 0 Å². The first-order valence-corrected chi connectivity index (χ1v) is 23.3. The van der Waals surface area contributed by atoms with Gasteiger partial charge in [0, 0.05) is 74.8 Å². The van der Waals surface area contributed by atoms with Crippen LogP contribution in [0.25, 0.3) is 82.6 Å². The van der Waals surface area contributed by atoms with Gasteiger partial charge >= 0.3 is 0 Å². The fourth-order valence-corrected chi connectivity index (χ4v) is 11.3. The quantitative estimate of drug-likeness (QED) is 0.160. The number of anilines is 3. The maximum absolute atomic E-state index is 6.72. The number of nitrogens with zero attached hydrogens (tertiary/aromatic N) is 6. The molecule has 0 amide bonds. The van der Waals surface area contributed by atoms with Crippen molar-refractivity contribution in [1.29, 1.82) is 0 Å². The molecule has 4 aromatic heterocycles. The lowest BCUT2D eigenvalue weighted by Crippen LogP contribution is -2.23. The summed E-state index contributed by atoms with van der Waals surface area (Å²) in [7, 11) is 2.13. The topological polar surface area (TPSA) is 43.4 Å². The molecule has 0 unspecified atom stereocenters. The van der Waals surface area contributed by atoms with E-state index in [1.165, 1.54) is 71.8 Å². The van der Waals surface area contributed by atoms with Crippen LogP contribution in [0, 0.1) is 6.92 Å². The predicted molar refractivity (Wildman–Crippen MR) is 282 cm³/mol. The minimum atomic E-state index is -0.140. The third-order valence-electron chi connectivity index (χ3n) is 14.3. The van der Waals surface area contributed by atoms with Gasteiger partial charge in [-0.25, -0.2) is 4.98 Å². The van der Waals surface area contributed by atoms with Gasteiger partial charge < -0.3 is 23.7 Å². The molecule has 0 radical (unpaired) electrons. The summed E-state index contributed by atoms with van der Waals surface area (Å²) in [5.74, 6) is 2.26. The number of allylic oxidation sites excluding steroid dienone is 4. The SMILES string of the molecule is Cc1cc(-n2c3ccccc3c3ccc(Oc4cccc(N5CN(C)c6ccccc65)c4)cc32)ncc1C1C(n2c3ccccc3c3ccccc32)=CC=C1n1c2ccccc2c2ccccc21. The zero-order chi connectivity index (χ0) is 45.0. The highest BCUT2D eigenvalue weighted by Gasteiger charge is 2.33. The first kappa shape index (κ1) is 38.5. The molecule has 8 aromatic carbocycles. The van der Waals surface area contributed by atoms with Crippen molar-refractivity contribution in [2.24, 2.45) is 0 Å². The van der Waals surface area contributed by atoms with Crippen molar-refractivity contribution in [3.05, 3.63) is 224 Å². The van der Waals surface area contributed by atoms with Crippen LogP contribution in [0.3, 0.4) is 0 Å². The minimum absolute atomic E-state index is 0.140. The largest absolute Gasteiger partial charge is 0.457 e. The van der Waals surface area contributed by atoms with Gasteiger partial charge in [0.25, 0.3) is 0 Å². The van der Waals surface area contributed by atoms with Gasteiger partial charge in [-0.3, -0.25) is 4.57 Å². The van der Waals surface area contributed by atoms with Crippen LogP contribution in [0.1, 0.15) is 17.0 Å². The summed E-state index contributed by atoms with van der Waals surface area (Å²) in [5.41, 5.74) is 15.1. The van der Waals surface area contributed by atoms with Crippen LogP contribution < -0.4 is 14.5 Å². The number of hydrogen-bond donors (Lipinski definition) is 0. The Bertz CT molecular complexity index is 3870. The Balaban J connectivity index is 0.904. The monoisotopic (exact) mass is 876 g/mol. The molecule has 5 heterocycles. The summed E-state index contributed by atoms with van der Waals surface area (Å²) in [4.78, 5) is 10.0. The molecular weight excluding hydrogens is 833 g/mol. The highest BCUT2D eigenvalue weighted by molar-refractivity contribution is 6.14. The maximum atomic E-state index is 6.72. The Hall–Kier alpha value is -8.81. The van der Waals surface area contributed by atoms with Crippen LogP contribution in [0.5, 0.6) is 11.5 Å². The summed E-state index contributed by atoms with van der Waals surface area (Å²) in [6.07, 6.45) is 6.80. The minimum Gasteiger partial charge on any atom is -0.457 e. The molecule has 0 spiro atoms. The molecule has 0 atom stereocenters. The first-order valence-electron chi connectivity index (χ1n) is 23.3. The summed E-state index contributed by atoms with van der Waals surface area (Å²) < 4.78 is 14.0. The molecule has 2 aliphatic rings. The van der Waals surface area contributed by atoms with E-state index >= 15 is 0 Å². The lowest BCUT2D eigenvalue weighted by molar-refractivity contribution is 0.483. The van der Waals surface area contributed by atoms with Gasteiger partial charge in [0.15, 0.2) is 0 Å². The highest BCUT2D eigenvalue weighted by atomic mass is 16.5. The van der Waals surface area contributed by atoms with E-state index in [1.807, 2.05) is 6.07 Å². The van der Waals surface area contributed by atoms with Crippen molar-refractivity contribution in [2.45, 2.75) is 12.8 Å². The number of para-hydroxylation sites is 7. The molecule has 0 N–H and O–H groups in total. The summed E-state index contributed by atoms with van der Waals surface area (Å²) in [6, 6.07) is 69.4. The molecular formula is C61H44N6O. The fraction of sp³-hybridized carbons (Fsp3) is 0.0656. The van der Waals surface area contributed by atoms with Crippen molar-refractivity contribution < 1.29 is 4.74 Å². The van der Waals surface area contributed by atoms with E-state index in [9.17, 15) is 0 Å². The van der Waals surface area contributed by atoms with Crippen molar-refractivity contribution in [1.82, 2.24) is 18.7 Å². The average molecular weight is 877 g/mol. The molecule has 0 fully saturated rings. The lowest BCUT2D eigenvalue weighted by atomic mass is 9.92. The molecule has 7 heteroatoms. The molecule has 14 rings (SSSR count). The van der Waals surface area contributed by atoms with Crippen LogP contribution in [0.4, 0.5) is 17.1 Å². The number of benzene rings is 8. The van der Waals surface area contributed by atoms with Gasteiger partial charge in [0.1, 0.15) is 17.3 Å². The first-order chi connectivity index (χ1) is 33.6. The lowest BCUT2D eigenvalue weighted by Gasteiger charge is -2.25. The molecule has 7 nitrogen and oxygen atoms in total. The number of fused-ring (bicyclic) bond motifs is 10.